The van der Waals surface area contributed by atoms with E-state index in [1.165, 1.54) is 6.07 Å². The van der Waals surface area contributed by atoms with Gasteiger partial charge in [0.1, 0.15) is 23.8 Å². The van der Waals surface area contributed by atoms with Crippen LogP contribution in [-0.4, -0.2) is 52.3 Å². The lowest BCUT2D eigenvalue weighted by Crippen LogP contribution is -2.41. The number of rotatable bonds is 7. The first kappa shape index (κ1) is 26.6. The Bertz CT molecular complexity index is 1240. The molecule has 0 spiro atoms. The van der Waals surface area contributed by atoms with E-state index in [9.17, 15) is 9.65 Å². The molecule has 1 aliphatic rings. The smallest absolute Gasteiger partial charge is 0.220 e. The first-order valence-electron chi connectivity index (χ1n) is 11.9. The highest BCUT2D eigenvalue weighted by atomic mass is 19.1. The Hall–Kier alpha value is -3.96. The van der Waals surface area contributed by atoms with E-state index in [1.807, 2.05) is 71.2 Å². The van der Waals surface area contributed by atoms with Gasteiger partial charge in [-0.15, -0.1) is 0 Å². The van der Waals surface area contributed by atoms with Crippen LogP contribution in [0.25, 0.3) is 11.8 Å². The monoisotopic (exact) mass is 488 g/mol. The molecular formula is C28H33FN6O. The lowest BCUT2D eigenvalue weighted by Gasteiger charge is -2.27. The molecule has 1 aliphatic heterocycles. The molecule has 0 saturated heterocycles. The zero-order valence-electron chi connectivity index (χ0n) is 21.5. The van der Waals surface area contributed by atoms with Gasteiger partial charge in [-0.1, -0.05) is 43.7 Å². The van der Waals surface area contributed by atoms with Gasteiger partial charge in [0.05, 0.1) is 24.8 Å². The van der Waals surface area contributed by atoms with Crippen LogP contribution in [0.1, 0.15) is 36.6 Å². The summed E-state index contributed by atoms with van der Waals surface area (Å²) >= 11 is 0. The number of methoxy groups -OCH3 is 1. The van der Waals surface area contributed by atoms with Crippen molar-refractivity contribution in [2.75, 3.05) is 20.7 Å². The molecule has 2 heterocycles. The maximum atomic E-state index is 12.3. The molecule has 0 fully saturated rings. The first-order valence-corrected chi connectivity index (χ1v) is 11.9. The molecule has 8 heteroatoms. The van der Waals surface area contributed by atoms with Crippen molar-refractivity contribution in [2.24, 2.45) is 4.99 Å². The van der Waals surface area contributed by atoms with Gasteiger partial charge in [-0.2, -0.15) is 10.3 Å². The number of ether oxygens (including phenoxy) is 1. The van der Waals surface area contributed by atoms with Crippen LogP contribution in [0, 0.1) is 31.0 Å². The second-order valence-corrected chi connectivity index (χ2v) is 8.49. The summed E-state index contributed by atoms with van der Waals surface area (Å²) in [5.74, 6) is 1.10. The van der Waals surface area contributed by atoms with Crippen molar-refractivity contribution in [3.8, 4) is 17.5 Å². The van der Waals surface area contributed by atoms with Crippen LogP contribution in [0.2, 0.25) is 0 Å². The number of aliphatic imine (C=N–C) groups is 1. The third-order valence-corrected chi connectivity index (χ3v) is 5.82. The maximum absolute atomic E-state index is 12.3. The van der Waals surface area contributed by atoms with E-state index >= 15 is 0 Å². The number of imidazole rings is 1. The summed E-state index contributed by atoms with van der Waals surface area (Å²) in [7, 11) is 3.62. The van der Waals surface area contributed by atoms with Crippen molar-refractivity contribution in [1.82, 2.24) is 19.6 Å². The standard InChI is InChI=1S/C21H26N6O.C7H7F/c1-5-6-11-27-21(13-22)24-20(25(27)3)10-8-17-7-9-18(19(12-17)28-4)26-14-16(2)23-15-26;1-6-4-2-3-5-7(6)8/h7-10,12,14-15,20H,5-6,11H2,1-4H3;2-5H,1H3/b10-8+;. The van der Waals surface area contributed by atoms with Crippen molar-refractivity contribution < 1.29 is 9.13 Å². The van der Waals surface area contributed by atoms with E-state index in [0.29, 0.717) is 11.4 Å². The fourth-order valence-corrected chi connectivity index (χ4v) is 3.71. The molecule has 1 atom stereocenters. The molecule has 1 unspecified atom stereocenters. The number of unbranched alkanes of at least 4 members (excludes halogenated alkanes) is 1. The molecular weight excluding hydrogens is 455 g/mol. The summed E-state index contributed by atoms with van der Waals surface area (Å²) in [5.41, 5.74) is 3.60. The number of likely N-dealkylation sites (N-methyl/N-ethyl adjacent to an activating group) is 1. The average molecular weight is 489 g/mol. The molecule has 2 aromatic carbocycles. The van der Waals surface area contributed by atoms with Crippen molar-refractivity contribution in [3.05, 3.63) is 83.7 Å². The molecule has 0 amide bonds. The van der Waals surface area contributed by atoms with E-state index < -0.39 is 0 Å². The zero-order chi connectivity index (χ0) is 26.1. The van der Waals surface area contributed by atoms with Crippen LogP contribution in [0.3, 0.4) is 0 Å². The van der Waals surface area contributed by atoms with Crippen LogP contribution in [0.4, 0.5) is 4.39 Å². The molecule has 0 aliphatic carbocycles. The number of benzene rings is 2. The lowest BCUT2D eigenvalue weighted by molar-refractivity contribution is 0.0761. The van der Waals surface area contributed by atoms with Crippen molar-refractivity contribution in [2.45, 2.75) is 39.8 Å². The Morgan fingerprint density at radius 2 is 1.97 bits per heavy atom. The number of nitrogens with zero attached hydrogens (tertiary/aromatic N) is 6. The Morgan fingerprint density at radius 1 is 1.19 bits per heavy atom. The van der Waals surface area contributed by atoms with Gasteiger partial charge < -0.3 is 9.30 Å². The summed E-state index contributed by atoms with van der Waals surface area (Å²) < 4.78 is 19.8. The van der Waals surface area contributed by atoms with E-state index in [2.05, 4.69) is 23.0 Å². The van der Waals surface area contributed by atoms with Crippen LogP contribution in [-0.2, 0) is 0 Å². The minimum Gasteiger partial charge on any atom is -0.495 e. The van der Waals surface area contributed by atoms with Gasteiger partial charge in [0, 0.05) is 19.8 Å². The molecule has 4 rings (SSSR count). The molecule has 188 valence electrons. The number of hydrazine groups is 1. The van der Waals surface area contributed by atoms with Gasteiger partial charge in [0.25, 0.3) is 0 Å². The Balaban J connectivity index is 0.000000383. The maximum Gasteiger partial charge on any atom is 0.220 e. The predicted molar refractivity (Wildman–Crippen MR) is 141 cm³/mol. The Morgan fingerprint density at radius 3 is 2.56 bits per heavy atom. The van der Waals surface area contributed by atoms with E-state index in [4.69, 9.17) is 4.74 Å². The lowest BCUT2D eigenvalue weighted by atomic mass is 10.1. The Kier molecular flexibility index (Phi) is 9.37. The highest BCUT2D eigenvalue weighted by Gasteiger charge is 2.28. The van der Waals surface area contributed by atoms with Crippen molar-refractivity contribution in [3.63, 3.8) is 0 Å². The largest absolute Gasteiger partial charge is 0.495 e. The minimum atomic E-state index is -0.187. The van der Waals surface area contributed by atoms with E-state index in [0.717, 1.165) is 42.1 Å². The van der Waals surface area contributed by atoms with Crippen LogP contribution in [0.5, 0.6) is 5.75 Å². The Labute approximate surface area is 212 Å². The number of hydrogen-bond donors (Lipinski definition) is 0. The first-order chi connectivity index (χ1) is 17.4. The van der Waals surface area contributed by atoms with Gasteiger partial charge >= 0.3 is 0 Å². The summed E-state index contributed by atoms with van der Waals surface area (Å²) in [5, 5.41) is 13.3. The summed E-state index contributed by atoms with van der Waals surface area (Å²) in [6, 6.07) is 14.9. The number of aromatic nitrogens is 2. The molecule has 0 N–H and O–H groups in total. The van der Waals surface area contributed by atoms with Gasteiger partial charge in [0.2, 0.25) is 5.84 Å². The SMILES string of the molecule is CCCCN1C(C#N)=NC(/C=C/c2ccc(-n3cnc(C)c3)c(OC)c2)N1C.Cc1ccccc1F. The second kappa shape index (κ2) is 12.7. The predicted octanol–water partition coefficient (Wildman–Crippen LogP) is 5.55. The number of nitriles is 1. The normalized spacial score (nSPS) is 15.4. The van der Waals surface area contributed by atoms with Gasteiger partial charge in [-0.05, 0) is 55.7 Å². The van der Waals surface area contributed by atoms with E-state index in [1.54, 1.807) is 32.5 Å². The molecule has 0 bridgehead atoms. The minimum absolute atomic E-state index is 0.132. The number of hydrogen-bond acceptors (Lipinski definition) is 6. The fourth-order valence-electron chi connectivity index (χ4n) is 3.71. The van der Waals surface area contributed by atoms with Crippen molar-refractivity contribution in [1.29, 1.82) is 5.26 Å². The number of amidine groups is 1. The third-order valence-electron chi connectivity index (χ3n) is 5.82. The van der Waals surface area contributed by atoms with Crippen molar-refractivity contribution >= 4 is 11.9 Å². The fraction of sp³-hybridized carbons (Fsp3) is 0.321. The molecule has 7 nitrogen and oxygen atoms in total. The average Bonchev–Trinajstić information content (AvgIpc) is 3.45. The summed E-state index contributed by atoms with van der Waals surface area (Å²) in [6.45, 7) is 6.64. The van der Waals surface area contributed by atoms with Crippen LogP contribution in [0.15, 0.2) is 66.1 Å². The zero-order valence-corrected chi connectivity index (χ0v) is 21.5. The molecule has 36 heavy (non-hydrogen) atoms. The second-order valence-electron chi connectivity index (χ2n) is 8.49. The molecule has 1 aromatic heterocycles. The summed E-state index contributed by atoms with van der Waals surface area (Å²) in [6.07, 6.45) is 9.66. The van der Waals surface area contributed by atoms with Gasteiger partial charge in [-0.3, -0.25) is 5.01 Å². The topological polar surface area (TPSA) is 69.7 Å². The van der Waals surface area contributed by atoms with E-state index in [-0.39, 0.29) is 12.0 Å². The molecule has 3 aromatic rings. The molecule has 0 radical (unpaired) electrons. The number of aryl methyl sites for hydroxylation is 2. The highest BCUT2D eigenvalue weighted by molar-refractivity contribution is 5.97. The summed E-state index contributed by atoms with van der Waals surface area (Å²) in [4.78, 5) is 8.80. The van der Waals surface area contributed by atoms with Crippen LogP contribution >= 0.6 is 0 Å². The third kappa shape index (κ3) is 6.58. The quantitative estimate of drug-likeness (QED) is 0.436. The highest BCUT2D eigenvalue weighted by Crippen LogP contribution is 2.26. The van der Waals surface area contributed by atoms with Crippen LogP contribution < -0.4 is 4.74 Å². The number of halogens is 1. The molecule has 0 saturated carbocycles. The van der Waals surface area contributed by atoms with Gasteiger partial charge in [0.15, 0.2) is 0 Å². The van der Waals surface area contributed by atoms with Gasteiger partial charge in [-0.25, -0.2) is 14.4 Å².